The lowest BCUT2D eigenvalue weighted by Gasteiger charge is -2.09. The molecule has 1 saturated heterocycles. The summed E-state index contributed by atoms with van der Waals surface area (Å²) >= 11 is 1.58. The summed E-state index contributed by atoms with van der Waals surface area (Å²) in [5.74, 6) is 0.147. The highest BCUT2D eigenvalue weighted by atomic mass is 32.1. The van der Waals surface area contributed by atoms with E-state index in [4.69, 9.17) is 4.74 Å². The number of anilines is 1. The third-order valence-electron chi connectivity index (χ3n) is 3.65. The van der Waals surface area contributed by atoms with Gasteiger partial charge in [-0.3, -0.25) is 0 Å². The Kier molecular flexibility index (Phi) is 5.07. The largest absolute Gasteiger partial charge is 0.435 e. The SMILES string of the molecule is Cc1sc(NC[C@@H]2CCCO2)nc1-c1ccc(OC(F)F)cc1. The van der Waals surface area contributed by atoms with E-state index in [1.54, 1.807) is 23.5 Å². The van der Waals surface area contributed by atoms with Crippen LogP contribution in [-0.2, 0) is 4.74 Å². The van der Waals surface area contributed by atoms with Crippen molar-refractivity contribution in [3.05, 3.63) is 29.1 Å². The van der Waals surface area contributed by atoms with E-state index in [1.165, 1.54) is 12.1 Å². The van der Waals surface area contributed by atoms with E-state index in [9.17, 15) is 8.78 Å². The summed E-state index contributed by atoms with van der Waals surface area (Å²) in [4.78, 5) is 5.67. The molecule has 1 fully saturated rings. The van der Waals surface area contributed by atoms with Crippen LogP contribution >= 0.6 is 11.3 Å². The van der Waals surface area contributed by atoms with Gasteiger partial charge in [0.1, 0.15) is 5.75 Å². The first kappa shape index (κ1) is 16.1. The summed E-state index contributed by atoms with van der Waals surface area (Å²) < 4.78 is 34.3. The molecule has 3 rings (SSSR count). The standard InChI is InChI=1S/C16H18F2N2O2S/c1-10-14(11-4-6-12(7-5-11)22-15(17)18)20-16(23-10)19-9-13-3-2-8-21-13/h4-7,13,15H,2-3,8-9H2,1H3,(H,19,20)/t13-/m0/s1. The third-order valence-corrected chi connectivity index (χ3v) is 4.58. The number of nitrogens with one attached hydrogen (secondary N) is 1. The topological polar surface area (TPSA) is 43.4 Å². The van der Waals surface area contributed by atoms with Crippen LogP contribution in [0.4, 0.5) is 13.9 Å². The summed E-state index contributed by atoms with van der Waals surface area (Å²) in [6.07, 6.45) is 2.45. The number of halogens is 2. The van der Waals surface area contributed by atoms with Crippen LogP contribution < -0.4 is 10.1 Å². The molecule has 0 saturated carbocycles. The second-order valence-corrected chi connectivity index (χ2v) is 6.55. The number of thiazole rings is 1. The van der Waals surface area contributed by atoms with Gasteiger partial charge in [0.2, 0.25) is 0 Å². The van der Waals surface area contributed by atoms with Gasteiger partial charge in [0.05, 0.1) is 11.8 Å². The molecule has 2 aromatic rings. The lowest BCUT2D eigenvalue weighted by molar-refractivity contribution is -0.0498. The zero-order chi connectivity index (χ0) is 16.2. The van der Waals surface area contributed by atoms with E-state index in [1.807, 2.05) is 6.92 Å². The fourth-order valence-electron chi connectivity index (χ4n) is 2.54. The van der Waals surface area contributed by atoms with Crippen molar-refractivity contribution in [3.8, 4) is 17.0 Å². The molecule has 124 valence electrons. The number of benzene rings is 1. The van der Waals surface area contributed by atoms with Crippen molar-refractivity contribution < 1.29 is 18.3 Å². The van der Waals surface area contributed by atoms with Crippen molar-refractivity contribution in [2.24, 2.45) is 0 Å². The first-order chi connectivity index (χ1) is 11.1. The predicted molar refractivity (Wildman–Crippen MR) is 86.4 cm³/mol. The Balaban J connectivity index is 1.67. The molecule has 0 amide bonds. The summed E-state index contributed by atoms with van der Waals surface area (Å²) in [5.41, 5.74) is 1.74. The summed E-state index contributed by atoms with van der Waals surface area (Å²) in [7, 11) is 0. The molecule has 0 unspecified atom stereocenters. The second kappa shape index (κ2) is 7.23. The summed E-state index contributed by atoms with van der Waals surface area (Å²) in [6, 6.07) is 6.53. The van der Waals surface area contributed by atoms with Crippen molar-refractivity contribution in [3.63, 3.8) is 0 Å². The maximum absolute atomic E-state index is 12.2. The zero-order valence-electron chi connectivity index (χ0n) is 12.7. The smallest absolute Gasteiger partial charge is 0.387 e. The van der Waals surface area contributed by atoms with Crippen LogP contribution in [0.15, 0.2) is 24.3 Å². The molecule has 2 heterocycles. The number of alkyl halides is 2. The number of ether oxygens (including phenoxy) is 2. The molecule has 1 atom stereocenters. The first-order valence-corrected chi connectivity index (χ1v) is 8.31. The number of aromatic nitrogens is 1. The Morgan fingerprint density at radius 1 is 1.39 bits per heavy atom. The molecule has 7 heteroatoms. The summed E-state index contributed by atoms with van der Waals surface area (Å²) in [6.45, 7) is 0.776. The molecule has 0 aliphatic carbocycles. The highest BCUT2D eigenvalue weighted by Crippen LogP contribution is 2.31. The van der Waals surface area contributed by atoms with E-state index in [2.05, 4.69) is 15.0 Å². The van der Waals surface area contributed by atoms with E-state index >= 15 is 0 Å². The van der Waals surface area contributed by atoms with Gasteiger partial charge in [-0.2, -0.15) is 8.78 Å². The Morgan fingerprint density at radius 3 is 2.83 bits per heavy atom. The number of rotatable bonds is 6. The quantitative estimate of drug-likeness (QED) is 0.851. The molecule has 1 aliphatic heterocycles. The van der Waals surface area contributed by atoms with E-state index in [0.717, 1.165) is 47.3 Å². The molecule has 0 bridgehead atoms. The Morgan fingerprint density at radius 2 is 2.17 bits per heavy atom. The van der Waals surface area contributed by atoms with Gasteiger partial charge in [-0.15, -0.1) is 11.3 Å². The van der Waals surface area contributed by atoms with Crippen LogP contribution in [-0.4, -0.2) is 30.9 Å². The van der Waals surface area contributed by atoms with Crippen LogP contribution in [0.2, 0.25) is 0 Å². The molecule has 0 radical (unpaired) electrons. The lowest BCUT2D eigenvalue weighted by Crippen LogP contribution is -2.18. The second-order valence-electron chi connectivity index (χ2n) is 5.34. The fourth-order valence-corrected chi connectivity index (χ4v) is 3.38. The molecule has 23 heavy (non-hydrogen) atoms. The molecule has 4 nitrogen and oxygen atoms in total. The van der Waals surface area contributed by atoms with Crippen molar-refractivity contribution in [1.82, 2.24) is 4.98 Å². The predicted octanol–water partition coefficient (Wildman–Crippen LogP) is 4.31. The Hall–Kier alpha value is -1.73. The Labute approximate surface area is 137 Å². The van der Waals surface area contributed by atoms with Crippen LogP contribution in [0.1, 0.15) is 17.7 Å². The van der Waals surface area contributed by atoms with E-state index < -0.39 is 6.61 Å². The lowest BCUT2D eigenvalue weighted by atomic mass is 10.1. The van der Waals surface area contributed by atoms with Gasteiger partial charge in [0, 0.05) is 23.6 Å². The minimum absolute atomic E-state index is 0.147. The normalized spacial score (nSPS) is 17.7. The molecular formula is C16H18F2N2O2S. The minimum Gasteiger partial charge on any atom is -0.435 e. The van der Waals surface area contributed by atoms with Gasteiger partial charge in [0.15, 0.2) is 5.13 Å². The van der Waals surface area contributed by atoms with Crippen LogP contribution in [0, 0.1) is 6.92 Å². The van der Waals surface area contributed by atoms with Crippen molar-refractivity contribution in [2.45, 2.75) is 32.5 Å². The van der Waals surface area contributed by atoms with Gasteiger partial charge in [-0.05, 0) is 44.0 Å². The van der Waals surface area contributed by atoms with Gasteiger partial charge in [-0.1, -0.05) is 0 Å². The molecule has 0 spiro atoms. The molecule has 1 aromatic carbocycles. The average Bonchev–Trinajstić information content (AvgIpc) is 3.15. The number of hydrogen-bond acceptors (Lipinski definition) is 5. The third kappa shape index (κ3) is 4.17. The Bertz CT molecular complexity index is 640. The highest BCUT2D eigenvalue weighted by molar-refractivity contribution is 7.16. The number of hydrogen-bond donors (Lipinski definition) is 1. The summed E-state index contributed by atoms with van der Waals surface area (Å²) in [5, 5.41) is 4.16. The van der Waals surface area contributed by atoms with Gasteiger partial charge in [-0.25, -0.2) is 4.98 Å². The average molecular weight is 340 g/mol. The molecule has 1 aromatic heterocycles. The van der Waals surface area contributed by atoms with Crippen LogP contribution in [0.3, 0.4) is 0 Å². The minimum atomic E-state index is -2.81. The molecule has 1 N–H and O–H groups in total. The van der Waals surface area contributed by atoms with E-state index in [0.29, 0.717) is 0 Å². The van der Waals surface area contributed by atoms with Gasteiger partial charge < -0.3 is 14.8 Å². The number of aryl methyl sites for hydroxylation is 1. The monoisotopic (exact) mass is 340 g/mol. The zero-order valence-corrected chi connectivity index (χ0v) is 13.5. The molecule has 1 aliphatic rings. The van der Waals surface area contributed by atoms with Gasteiger partial charge in [0.25, 0.3) is 0 Å². The van der Waals surface area contributed by atoms with E-state index in [-0.39, 0.29) is 11.9 Å². The van der Waals surface area contributed by atoms with Crippen LogP contribution in [0.25, 0.3) is 11.3 Å². The van der Waals surface area contributed by atoms with Crippen molar-refractivity contribution >= 4 is 16.5 Å². The van der Waals surface area contributed by atoms with Gasteiger partial charge >= 0.3 is 6.61 Å². The maximum Gasteiger partial charge on any atom is 0.387 e. The fraction of sp³-hybridized carbons (Fsp3) is 0.438. The number of nitrogens with zero attached hydrogens (tertiary/aromatic N) is 1. The van der Waals surface area contributed by atoms with Crippen molar-refractivity contribution in [2.75, 3.05) is 18.5 Å². The molecular weight excluding hydrogens is 322 g/mol. The maximum atomic E-state index is 12.2. The van der Waals surface area contributed by atoms with Crippen LogP contribution in [0.5, 0.6) is 5.75 Å². The first-order valence-electron chi connectivity index (χ1n) is 7.50. The highest BCUT2D eigenvalue weighted by Gasteiger charge is 2.16. The van der Waals surface area contributed by atoms with Crippen molar-refractivity contribution in [1.29, 1.82) is 0 Å².